The maximum Gasteiger partial charge on any atom is 0.293 e. The Labute approximate surface area is 121 Å². The molecule has 1 heterocycles. The summed E-state index contributed by atoms with van der Waals surface area (Å²) in [6.45, 7) is 1.59. The molecule has 1 amide bonds. The van der Waals surface area contributed by atoms with E-state index in [0.29, 0.717) is 10.7 Å². The van der Waals surface area contributed by atoms with Crippen molar-refractivity contribution in [1.29, 1.82) is 0 Å². The number of amides is 1. The van der Waals surface area contributed by atoms with Gasteiger partial charge in [0, 0.05) is 24.2 Å². The number of halogens is 1. The first-order valence-corrected chi connectivity index (χ1v) is 6.91. The van der Waals surface area contributed by atoms with Crippen LogP contribution in [0.5, 0.6) is 0 Å². The summed E-state index contributed by atoms with van der Waals surface area (Å²) in [7, 11) is 0. The molecule has 0 aromatic heterocycles. The van der Waals surface area contributed by atoms with Gasteiger partial charge in [-0.25, -0.2) is 0 Å². The zero-order valence-corrected chi connectivity index (χ0v) is 11.7. The van der Waals surface area contributed by atoms with E-state index in [0.717, 1.165) is 32.4 Å². The number of carbonyl (C=O) groups excluding carboxylic acids is 1. The van der Waals surface area contributed by atoms with Crippen LogP contribution in [0.15, 0.2) is 18.2 Å². The number of nitrogens with zero attached hydrogens (tertiary/aromatic N) is 2. The topological polar surface area (TPSA) is 75.5 Å². The average Bonchev–Trinajstić information content (AvgIpc) is 2.46. The van der Waals surface area contributed by atoms with Gasteiger partial charge in [0.25, 0.3) is 5.69 Å². The van der Waals surface area contributed by atoms with E-state index in [4.69, 9.17) is 11.6 Å². The van der Waals surface area contributed by atoms with Crippen molar-refractivity contribution in [3.05, 3.63) is 33.3 Å². The molecule has 1 N–H and O–H groups in total. The summed E-state index contributed by atoms with van der Waals surface area (Å²) in [4.78, 5) is 24.2. The fourth-order valence-electron chi connectivity index (χ4n) is 2.23. The molecule has 7 heteroatoms. The van der Waals surface area contributed by atoms with Gasteiger partial charge in [-0.2, -0.15) is 0 Å². The molecule has 0 saturated carbocycles. The molecule has 1 aliphatic rings. The Kier molecular flexibility index (Phi) is 4.79. The van der Waals surface area contributed by atoms with E-state index in [1.807, 2.05) is 0 Å². The lowest BCUT2D eigenvalue weighted by molar-refractivity contribution is -0.383. The quantitative estimate of drug-likeness (QED) is 0.685. The predicted octanol–water partition coefficient (Wildman–Crippen LogP) is 2.67. The minimum atomic E-state index is -0.514. The third-order valence-electron chi connectivity index (χ3n) is 3.30. The zero-order chi connectivity index (χ0) is 14.5. The second-order valence-corrected chi connectivity index (χ2v) is 5.15. The molecule has 108 valence electrons. The van der Waals surface area contributed by atoms with Gasteiger partial charge in [0.2, 0.25) is 5.91 Å². The minimum Gasteiger partial charge on any atom is -0.371 e. The number of anilines is 1. The first kappa shape index (κ1) is 14.6. The minimum absolute atomic E-state index is 0.0334. The van der Waals surface area contributed by atoms with Crippen LogP contribution in [0.1, 0.15) is 19.3 Å². The lowest BCUT2D eigenvalue weighted by atomic mass is 10.1. The van der Waals surface area contributed by atoms with Gasteiger partial charge in [0.05, 0.1) is 11.5 Å². The van der Waals surface area contributed by atoms with Crippen molar-refractivity contribution in [1.82, 2.24) is 4.90 Å². The first-order chi connectivity index (χ1) is 9.58. The van der Waals surface area contributed by atoms with Crippen LogP contribution >= 0.6 is 11.6 Å². The largest absolute Gasteiger partial charge is 0.371 e. The van der Waals surface area contributed by atoms with Gasteiger partial charge in [0.1, 0.15) is 5.69 Å². The zero-order valence-electron chi connectivity index (χ0n) is 11.0. The second-order valence-electron chi connectivity index (χ2n) is 4.71. The lowest BCUT2D eigenvalue weighted by Crippen LogP contribution is -2.39. The smallest absolute Gasteiger partial charge is 0.293 e. The maximum absolute atomic E-state index is 12.0. The van der Waals surface area contributed by atoms with Crippen LogP contribution in [0.4, 0.5) is 11.4 Å². The van der Waals surface area contributed by atoms with E-state index in [-0.39, 0.29) is 18.1 Å². The summed E-state index contributed by atoms with van der Waals surface area (Å²) in [5.41, 5.74) is 0.189. The lowest BCUT2D eigenvalue weighted by Gasteiger charge is -2.26. The molecule has 6 nitrogen and oxygen atoms in total. The van der Waals surface area contributed by atoms with Crippen molar-refractivity contribution in [3.8, 4) is 0 Å². The van der Waals surface area contributed by atoms with Gasteiger partial charge in [0.15, 0.2) is 0 Å². The molecule has 0 aliphatic carbocycles. The highest BCUT2D eigenvalue weighted by molar-refractivity contribution is 6.30. The van der Waals surface area contributed by atoms with Gasteiger partial charge < -0.3 is 10.2 Å². The SMILES string of the molecule is O=C(CNc1ccc(Cl)cc1[N+](=O)[O-])N1CCCCC1. The normalized spacial score (nSPS) is 14.9. The van der Waals surface area contributed by atoms with Crippen molar-refractivity contribution < 1.29 is 9.72 Å². The molecule has 0 atom stereocenters. The van der Waals surface area contributed by atoms with E-state index in [2.05, 4.69) is 5.32 Å². The fourth-order valence-corrected chi connectivity index (χ4v) is 2.40. The number of rotatable bonds is 4. The number of likely N-dealkylation sites (tertiary alicyclic amines) is 1. The highest BCUT2D eigenvalue weighted by Gasteiger charge is 2.18. The Balaban J connectivity index is 1.99. The van der Waals surface area contributed by atoms with Crippen molar-refractivity contribution in [2.45, 2.75) is 19.3 Å². The summed E-state index contributed by atoms with van der Waals surface area (Å²) in [6, 6.07) is 4.35. The molecular formula is C13H16ClN3O3. The highest BCUT2D eigenvalue weighted by atomic mass is 35.5. The molecule has 1 aromatic rings. The van der Waals surface area contributed by atoms with Crippen LogP contribution in [-0.2, 0) is 4.79 Å². The van der Waals surface area contributed by atoms with Crippen molar-refractivity contribution in [2.24, 2.45) is 0 Å². The van der Waals surface area contributed by atoms with Gasteiger partial charge in [-0.05, 0) is 31.4 Å². The molecule has 20 heavy (non-hydrogen) atoms. The van der Waals surface area contributed by atoms with Crippen molar-refractivity contribution in [2.75, 3.05) is 25.0 Å². The fraction of sp³-hybridized carbons (Fsp3) is 0.462. The molecule has 1 aliphatic heterocycles. The van der Waals surface area contributed by atoms with Crippen LogP contribution in [-0.4, -0.2) is 35.4 Å². The number of nitro benzene ring substituents is 1. The first-order valence-electron chi connectivity index (χ1n) is 6.53. The van der Waals surface area contributed by atoms with Gasteiger partial charge >= 0.3 is 0 Å². The van der Waals surface area contributed by atoms with E-state index in [1.54, 1.807) is 11.0 Å². The van der Waals surface area contributed by atoms with E-state index < -0.39 is 4.92 Å². The predicted molar refractivity (Wildman–Crippen MR) is 77.0 cm³/mol. The van der Waals surface area contributed by atoms with E-state index in [1.165, 1.54) is 12.1 Å². The molecular weight excluding hydrogens is 282 g/mol. The average molecular weight is 298 g/mol. The Morgan fingerprint density at radius 2 is 2.05 bits per heavy atom. The van der Waals surface area contributed by atoms with Crippen LogP contribution in [0, 0.1) is 10.1 Å². The van der Waals surface area contributed by atoms with Gasteiger partial charge in [-0.3, -0.25) is 14.9 Å². The third kappa shape index (κ3) is 3.60. The summed E-state index contributed by atoms with van der Waals surface area (Å²) in [5.74, 6) is -0.0334. The second kappa shape index (κ2) is 6.56. The third-order valence-corrected chi connectivity index (χ3v) is 3.53. The van der Waals surface area contributed by atoms with E-state index in [9.17, 15) is 14.9 Å². The highest BCUT2D eigenvalue weighted by Crippen LogP contribution is 2.27. The molecule has 0 bridgehead atoms. The van der Waals surface area contributed by atoms with Crippen molar-refractivity contribution in [3.63, 3.8) is 0 Å². The number of carbonyl (C=O) groups is 1. The molecule has 0 radical (unpaired) electrons. The summed E-state index contributed by atoms with van der Waals surface area (Å²) in [5, 5.41) is 14.1. The maximum atomic E-state index is 12.0. The number of nitrogens with one attached hydrogen (secondary N) is 1. The number of hydrogen-bond acceptors (Lipinski definition) is 4. The molecule has 1 aromatic carbocycles. The number of nitro groups is 1. The van der Waals surface area contributed by atoms with Crippen LogP contribution in [0.25, 0.3) is 0 Å². The molecule has 1 fully saturated rings. The number of benzene rings is 1. The Bertz CT molecular complexity index is 516. The van der Waals surface area contributed by atoms with Gasteiger partial charge in [-0.1, -0.05) is 11.6 Å². The number of hydrogen-bond donors (Lipinski definition) is 1. The van der Waals surface area contributed by atoms with Crippen LogP contribution in [0.3, 0.4) is 0 Å². The standard InChI is InChI=1S/C13H16ClN3O3/c14-10-4-5-11(12(8-10)17(19)20)15-9-13(18)16-6-2-1-3-7-16/h4-5,8,15H,1-3,6-7,9H2. The summed E-state index contributed by atoms with van der Waals surface area (Å²) >= 11 is 5.74. The van der Waals surface area contributed by atoms with Crippen LogP contribution < -0.4 is 5.32 Å². The summed E-state index contributed by atoms with van der Waals surface area (Å²) < 4.78 is 0. The van der Waals surface area contributed by atoms with Gasteiger partial charge in [-0.15, -0.1) is 0 Å². The molecule has 0 spiro atoms. The molecule has 2 rings (SSSR count). The molecule has 0 unspecified atom stereocenters. The van der Waals surface area contributed by atoms with E-state index >= 15 is 0 Å². The number of piperidine rings is 1. The Morgan fingerprint density at radius 3 is 2.70 bits per heavy atom. The summed E-state index contributed by atoms with van der Waals surface area (Å²) in [6.07, 6.45) is 3.19. The Morgan fingerprint density at radius 1 is 1.35 bits per heavy atom. The van der Waals surface area contributed by atoms with Crippen molar-refractivity contribution >= 4 is 28.9 Å². The monoisotopic (exact) mass is 297 g/mol. The Hall–Kier alpha value is -1.82. The van der Waals surface area contributed by atoms with Crippen LogP contribution in [0.2, 0.25) is 5.02 Å². The molecule has 1 saturated heterocycles.